The number of fused-ring (bicyclic) bond motifs is 1. The van der Waals surface area contributed by atoms with Crippen LogP contribution >= 0.6 is 0 Å². The van der Waals surface area contributed by atoms with Gasteiger partial charge in [0, 0.05) is 12.3 Å². The third-order valence-electron chi connectivity index (χ3n) is 3.76. The number of esters is 1. The molecule has 2 heterocycles. The van der Waals surface area contributed by atoms with E-state index in [1.807, 2.05) is 47.9 Å². The fraction of sp³-hybridized carbons (Fsp3) is 0.263. The van der Waals surface area contributed by atoms with Crippen molar-refractivity contribution >= 4 is 23.1 Å². The number of pyridine rings is 1. The lowest BCUT2D eigenvalue weighted by molar-refractivity contribution is -0.142. The number of methoxy groups -OCH3 is 1. The first kappa shape index (κ1) is 17.6. The number of imidazole rings is 1. The number of rotatable bonds is 6. The van der Waals surface area contributed by atoms with E-state index < -0.39 is 0 Å². The van der Waals surface area contributed by atoms with Crippen molar-refractivity contribution in [3.8, 4) is 5.75 Å². The largest absolute Gasteiger partial charge is 0.497 e. The van der Waals surface area contributed by atoms with Gasteiger partial charge in [0.2, 0.25) is 0 Å². The fourth-order valence-corrected chi connectivity index (χ4v) is 2.53. The Morgan fingerprint density at radius 2 is 2.08 bits per heavy atom. The number of aromatic nitrogens is 2. The van der Waals surface area contributed by atoms with Gasteiger partial charge < -0.3 is 9.47 Å². The van der Waals surface area contributed by atoms with E-state index in [1.54, 1.807) is 20.1 Å². The summed E-state index contributed by atoms with van der Waals surface area (Å²) in [6, 6.07) is 11.2. The molecule has 3 aromatic rings. The van der Waals surface area contributed by atoms with Crippen LogP contribution in [0.5, 0.6) is 5.75 Å². The molecule has 0 saturated heterocycles. The summed E-state index contributed by atoms with van der Waals surface area (Å²) in [5.41, 5.74) is 2.96. The molecule has 0 unspecified atom stereocenters. The number of carbonyl (C=O) groups is 1. The molecule has 0 N–H and O–H groups in total. The van der Waals surface area contributed by atoms with Gasteiger partial charge in [0.05, 0.1) is 31.5 Å². The molecule has 0 spiro atoms. The van der Waals surface area contributed by atoms with Crippen molar-refractivity contribution in [2.75, 3.05) is 13.7 Å². The van der Waals surface area contributed by atoms with Crippen LogP contribution in [0.2, 0.25) is 0 Å². The highest BCUT2D eigenvalue weighted by Gasteiger charge is 2.16. The van der Waals surface area contributed by atoms with Gasteiger partial charge in [0.1, 0.15) is 11.4 Å². The Labute approximate surface area is 151 Å². The summed E-state index contributed by atoms with van der Waals surface area (Å²) >= 11 is 0. The van der Waals surface area contributed by atoms with Gasteiger partial charge in [-0.2, -0.15) is 0 Å². The van der Waals surface area contributed by atoms with Crippen LogP contribution in [0.1, 0.15) is 18.2 Å². The maximum atomic E-state index is 11.9. The number of aryl methyl sites for hydroxylation is 1. The first-order chi connectivity index (χ1) is 12.6. The molecular weight excluding hydrogens is 332 g/mol. The molecule has 134 valence electrons. The van der Waals surface area contributed by atoms with Crippen LogP contribution in [0.3, 0.4) is 0 Å². The van der Waals surface area contributed by atoms with Gasteiger partial charge in [0.15, 0.2) is 5.82 Å². The normalized spacial score (nSPS) is 11.2. The molecule has 3 rings (SSSR count). The molecule has 7 heteroatoms. The van der Waals surface area contributed by atoms with Crippen molar-refractivity contribution in [2.45, 2.75) is 20.3 Å². The van der Waals surface area contributed by atoms with Crippen LogP contribution in [-0.4, -0.2) is 29.1 Å². The maximum absolute atomic E-state index is 11.9. The molecule has 0 bridgehead atoms. The lowest BCUT2D eigenvalue weighted by Gasteiger charge is -2.01. The highest BCUT2D eigenvalue weighted by molar-refractivity contribution is 5.74. The molecule has 2 aromatic heterocycles. The number of carbonyl (C=O) groups excluding carboxylic acids is 1. The van der Waals surface area contributed by atoms with Gasteiger partial charge in [-0.05, 0) is 43.7 Å². The summed E-state index contributed by atoms with van der Waals surface area (Å²) in [5.74, 6) is 0.864. The van der Waals surface area contributed by atoms with Gasteiger partial charge in [0.25, 0.3) is 0 Å². The summed E-state index contributed by atoms with van der Waals surface area (Å²) in [5, 5.41) is 8.62. The summed E-state index contributed by atoms with van der Waals surface area (Å²) in [4.78, 5) is 16.4. The second kappa shape index (κ2) is 7.77. The zero-order chi connectivity index (χ0) is 18.5. The standard InChI is InChI=1S/C19H20N4O3/c1-4-26-18(24)12-16-19(23-9-8-13(2)10-17(23)20-16)22-21-14-6-5-7-15(11-14)25-3/h5-11H,4,12H2,1-3H3. The topological polar surface area (TPSA) is 77.5 Å². The molecule has 0 saturated carbocycles. The number of azo groups is 1. The van der Waals surface area contributed by atoms with Gasteiger partial charge in [-0.15, -0.1) is 10.2 Å². The van der Waals surface area contributed by atoms with Crippen molar-refractivity contribution in [2.24, 2.45) is 10.2 Å². The van der Waals surface area contributed by atoms with E-state index in [4.69, 9.17) is 9.47 Å². The quantitative estimate of drug-likeness (QED) is 0.493. The Balaban J connectivity index is 2.01. The minimum atomic E-state index is -0.342. The average Bonchev–Trinajstić information content (AvgIpc) is 2.96. The zero-order valence-corrected chi connectivity index (χ0v) is 15.0. The first-order valence-corrected chi connectivity index (χ1v) is 8.29. The molecule has 26 heavy (non-hydrogen) atoms. The Morgan fingerprint density at radius 1 is 1.23 bits per heavy atom. The maximum Gasteiger partial charge on any atom is 0.312 e. The third-order valence-corrected chi connectivity index (χ3v) is 3.76. The van der Waals surface area contributed by atoms with Crippen LogP contribution < -0.4 is 4.74 Å². The van der Waals surface area contributed by atoms with Crippen LogP contribution in [0.25, 0.3) is 5.65 Å². The number of nitrogens with zero attached hydrogens (tertiary/aromatic N) is 4. The second-order valence-electron chi connectivity index (χ2n) is 5.70. The molecule has 0 amide bonds. The van der Waals surface area contributed by atoms with Gasteiger partial charge in [-0.3, -0.25) is 9.20 Å². The van der Waals surface area contributed by atoms with E-state index in [0.29, 0.717) is 35.2 Å². The minimum absolute atomic E-state index is 0.0427. The molecule has 0 atom stereocenters. The number of ether oxygens (including phenoxy) is 2. The van der Waals surface area contributed by atoms with Gasteiger partial charge in [-0.25, -0.2) is 4.98 Å². The Morgan fingerprint density at radius 3 is 2.85 bits per heavy atom. The van der Waals surface area contributed by atoms with E-state index in [1.165, 1.54) is 0 Å². The van der Waals surface area contributed by atoms with Crippen LogP contribution in [0.4, 0.5) is 11.5 Å². The highest BCUT2D eigenvalue weighted by Crippen LogP contribution is 2.26. The summed E-state index contributed by atoms with van der Waals surface area (Å²) in [6.45, 7) is 4.08. The Bertz CT molecular complexity index is 963. The molecule has 0 radical (unpaired) electrons. The van der Waals surface area contributed by atoms with E-state index in [-0.39, 0.29) is 12.4 Å². The number of hydrogen-bond donors (Lipinski definition) is 0. The third kappa shape index (κ3) is 3.88. The van der Waals surface area contributed by atoms with E-state index in [9.17, 15) is 4.79 Å². The lowest BCUT2D eigenvalue weighted by Crippen LogP contribution is -2.07. The monoisotopic (exact) mass is 352 g/mol. The first-order valence-electron chi connectivity index (χ1n) is 8.29. The van der Waals surface area contributed by atoms with Gasteiger partial charge >= 0.3 is 5.97 Å². The van der Waals surface area contributed by atoms with Crippen molar-refractivity contribution in [3.05, 3.63) is 53.9 Å². The average molecular weight is 352 g/mol. The molecule has 0 aliphatic heterocycles. The predicted octanol–water partition coefficient (Wildman–Crippen LogP) is 4.17. The van der Waals surface area contributed by atoms with Crippen molar-refractivity contribution in [1.82, 2.24) is 9.38 Å². The van der Waals surface area contributed by atoms with Crippen molar-refractivity contribution in [1.29, 1.82) is 0 Å². The number of hydrogen-bond acceptors (Lipinski definition) is 6. The molecule has 0 aliphatic carbocycles. The predicted molar refractivity (Wildman–Crippen MR) is 97.4 cm³/mol. The minimum Gasteiger partial charge on any atom is -0.497 e. The SMILES string of the molecule is CCOC(=O)Cc1nc2cc(C)ccn2c1N=Nc1cccc(OC)c1. The Hall–Kier alpha value is -3.22. The van der Waals surface area contributed by atoms with Crippen LogP contribution in [-0.2, 0) is 16.0 Å². The van der Waals surface area contributed by atoms with Crippen molar-refractivity contribution in [3.63, 3.8) is 0 Å². The summed E-state index contributed by atoms with van der Waals surface area (Å²) < 4.78 is 12.0. The summed E-state index contributed by atoms with van der Waals surface area (Å²) in [6.07, 6.45) is 1.91. The van der Waals surface area contributed by atoms with Crippen LogP contribution in [0, 0.1) is 6.92 Å². The molecule has 7 nitrogen and oxygen atoms in total. The number of benzene rings is 1. The smallest absolute Gasteiger partial charge is 0.312 e. The van der Waals surface area contributed by atoms with E-state index in [0.717, 1.165) is 5.56 Å². The van der Waals surface area contributed by atoms with E-state index in [2.05, 4.69) is 15.2 Å². The van der Waals surface area contributed by atoms with Crippen molar-refractivity contribution < 1.29 is 14.3 Å². The second-order valence-corrected chi connectivity index (χ2v) is 5.70. The molecule has 0 aliphatic rings. The molecule has 1 aromatic carbocycles. The molecular formula is C19H20N4O3. The Kier molecular flexibility index (Phi) is 5.26. The fourth-order valence-electron chi connectivity index (χ4n) is 2.53. The van der Waals surface area contributed by atoms with Crippen LogP contribution in [0.15, 0.2) is 52.8 Å². The van der Waals surface area contributed by atoms with Gasteiger partial charge in [-0.1, -0.05) is 6.07 Å². The lowest BCUT2D eigenvalue weighted by atomic mass is 10.3. The molecule has 0 fully saturated rings. The summed E-state index contributed by atoms with van der Waals surface area (Å²) in [7, 11) is 1.60. The van der Waals surface area contributed by atoms with E-state index >= 15 is 0 Å². The highest BCUT2D eigenvalue weighted by atomic mass is 16.5. The zero-order valence-electron chi connectivity index (χ0n) is 15.0.